The van der Waals surface area contributed by atoms with Crippen LogP contribution in [0.3, 0.4) is 0 Å². The summed E-state index contributed by atoms with van der Waals surface area (Å²) in [5.41, 5.74) is 6.26. The Morgan fingerprint density at radius 1 is 1.05 bits per heavy atom. The molecule has 0 spiro atoms. The van der Waals surface area contributed by atoms with E-state index in [0.29, 0.717) is 17.1 Å². The molecule has 6 heteroatoms. The third-order valence-corrected chi connectivity index (χ3v) is 5.57. The highest BCUT2D eigenvalue weighted by atomic mass is 32.2. The fourth-order valence-electron chi connectivity index (χ4n) is 2.29. The molecular weight excluding hydrogens is 302 g/mol. The molecule has 0 aliphatic rings. The maximum absolute atomic E-state index is 12.9. The summed E-state index contributed by atoms with van der Waals surface area (Å²) in [6, 6.07) is 13.3. The summed E-state index contributed by atoms with van der Waals surface area (Å²) in [7, 11) is -0.606. The fraction of sp³-hybridized carbons (Fsp3) is 0.250. The minimum absolute atomic E-state index is 0.0548. The van der Waals surface area contributed by atoms with E-state index in [1.165, 1.54) is 14.2 Å². The van der Waals surface area contributed by atoms with Gasteiger partial charge in [0, 0.05) is 12.1 Å². The van der Waals surface area contributed by atoms with Crippen molar-refractivity contribution in [1.82, 2.24) is 0 Å². The van der Waals surface area contributed by atoms with Crippen LogP contribution in [0.2, 0.25) is 0 Å². The van der Waals surface area contributed by atoms with Crippen LogP contribution >= 0.6 is 0 Å². The smallest absolute Gasteiger partial charge is 0.186 e. The zero-order chi connectivity index (χ0) is 16.2. The number of hydrogen-bond donors (Lipinski definition) is 1. The highest BCUT2D eigenvalue weighted by molar-refractivity contribution is 7.91. The third-order valence-electron chi connectivity index (χ3n) is 3.44. The van der Waals surface area contributed by atoms with Crippen LogP contribution in [0.25, 0.3) is 0 Å². The summed E-state index contributed by atoms with van der Waals surface area (Å²) in [6.45, 7) is -0.0548. The van der Waals surface area contributed by atoms with Gasteiger partial charge in [-0.2, -0.15) is 0 Å². The predicted octanol–water partition coefficient (Wildman–Crippen LogP) is 2.18. The molecule has 0 aromatic heterocycles. The lowest BCUT2D eigenvalue weighted by Gasteiger charge is -2.19. The molecule has 2 aromatic carbocycles. The fourth-order valence-corrected chi connectivity index (χ4v) is 3.92. The summed E-state index contributed by atoms with van der Waals surface area (Å²) >= 11 is 0. The van der Waals surface area contributed by atoms with E-state index < -0.39 is 15.1 Å². The van der Waals surface area contributed by atoms with Crippen LogP contribution in [0, 0.1) is 0 Å². The molecular formula is C16H19NO4S. The van der Waals surface area contributed by atoms with Gasteiger partial charge in [-0.05, 0) is 30.3 Å². The van der Waals surface area contributed by atoms with Crippen molar-refractivity contribution < 1.29 is 17.9 Å². The van der Waals surface area contributed by atoms with Gasteiger partial charge in [0.1, 0.15) is 16.7 Å². The van der Waals surface area contributed by atoms with Gasteiger partial charge in [0.2, 0.25) is 0 Å². The average Bonchev–Trinajstić information content (AvgIpc) is 2.56. The molecule has 2 aromatic rings. The molecule has 0 unspecified atom stereocenters. The second-order valence-corrected chi connectivity index (χ2v) is 6.82. The molecule has 118 valence electrons. The maximum Gasteiger partial charge on any atom is 0.186 e. The number of nitrogens with two attached hydrogens (primary N) is 1. The van der Waals surface area contributed by atoms with Crippen molar-refractivity contribution in [3.63, 3.8) is 0 Å². The van der Waals surface area contributed by atoms with Crippen LogP contribution in [0.4, 0.5) is 0 Å². The molecule has 22 heavy (non-hydrogen) atoms. The Bertz CT molecular complexity index is 729. The van der Waals surface area contributed by atoms with Crippen LogP contribution in [0.15, 0.2) is 53.4 Å². The van der Waals surface area contributed by atoms with Crippen LogP contribution in [0.5, 0.6) is 11.5 Å². The third kappa shape index (κ3) is 3.08. The first kappa shape index (κ1) is 16.3. The number of sulfone groups is 1. The van der Waals surface area contributed by atoms with Gasteiger partial charge in [-0.15, -0.1) is 0 Å². The largest absolute Gasteiger partial charge is 0.497 e. The zero-order valence-corrected chi connectivity index (χ0v) is 13.3. The van der Waals surface area contributed by atoms with Crippen LogP contribution in [-0.4, -0.2) is 29.2 Å². The average molecular weight is 321 g/mol. The normalized spacial score (nSPS) is 12.7. The molecule has 0 saturated carbocycles. The Morgan fingerprint density at radius 3 is 2.27 bits per heavy atom. The van der Waals surface area contributed by atoms with E-state index in [2.05, 4.69) is 0 Å². The molecule has 0 aliphatic carbocycles. The standard InChI is InChI=1S/C16H19NO4S/c1-20-12-8-9-15(21-2)14(10-12)16(11-17)22(18,19)13-6-4-3-5-7-13/h3-10,16H,11,17H2,1-2H3/t16-/m1/s1. The van der Waals surface area contributed by atoms with E-state index in [-0.39, 0.29) is 11.4 Å². The Kier molecular flexibility index (Phi) is 5.05. The molecule has 0 radical (unpaired) electrons. The molecule has 2 rings (SSSR count). The second kappa shape index (κ2) is 6.81. The Labute approximate surface area is 130 Å². The van der Waals surface area contributed by atoms with E-state index in [4.69, 9.17) is 15.2 Å². The molecule has 0 heterocycles. The van der Waals surface area contributed by atoms with Crippen molar-refractivity contribution in [3.8, 4) is 11.5 Å². The predicted molar refractivity (Wildman–Crippen MR) is 85.0 cm³/mol. The van der Waals surface area contributed by atoms with Crippen molar-refractivity contribution in [1.29, 1.82) is 0 Å². The van der Waals surface area contributed by atoms with Crippen LogP contribution in [-0.2, 0) is 9.84 Å². The quantitative estimate of drug-likeness (QED) is 0.882. The van der Waals surface area contributed by atoms with Crippen molar-refractivity contribution in [2.24, 2.45) is 5.73 Å². The minimum Gasteiger partial charge on any atom is -0.497 e. The minimum atomic E-state index is -3.62. The van der Waals surface area contributed by atoms with Crippen LogP contribution < -0.4 is 15.2 Å². The molecule has 0 fully saturated rings. The summed E-state index contributed by atoms with van der Waals surface area (Å²) in [6.07, 6.45) is 0. The van der Waals surface area contributed by atoms with Gasteiger partial charge in [-0.3, -0.25) is 0 Å². The van der Waals surface area contributed by atoms with Crippen molar-refractivity contribution in [2.75, 3.05) is 20.8 Å². The number of hydrogen-bond acceptors (Lipinski definition) is 5. The van der Waals surface area contributed by atoms with E-state index >= 15 is 0 Å². The summed E-state index contributed by atoms with van der Waals surface area (Å²) < 4.78 is 36.2. The summed E-state index contributed by atoms with van der Waals surface area (Å²) in [4.78, 5) is 0.232. The first-order valence-corrected chi connectivity index (χ1v) is 8.30. The van der Waals surface area contributed by atoms with Gasteiger partial charge in [0.05, 0.1) is 19.1 Å². The van der Waals surface area contributed by atoms with Gasteiger partial charge in [-0.1, -0.05) is 18.2 Å². The summed E-state index contributed by atoms with van der Waals surface area (Å²) in [5, 5.41) is -0.903. The number of methoxy groups -OCH3 is 2. The topological polar surface area (TPSA) is 78.6 Å². The number of benzene rings is 2. The van der Waals surface area contributed by atoms with E-state index in [1.54, 1.807) is 48.5 Å². The first-order valence-electron chi connectivity index (χ1n) is 6.75. The highest BCUT2D eigenvalue weighted by Gasteiger charge is 2.30. The van der Waals surface area contributed by atoms with Gasteiger partial charge in [0.25, 0.3) is 0 Å². The summed E-state index contributed by atoms with van der Waals surface area (Å²) in [5.74, 6) is 1.02. The molecule has 0 amide bonds. The van der Waals surface area contributed by atoms with Gasteiger partial charge < -0.3 is 15.2 Å². The second-order valence-electron chi connectivity index (χ2n) is 4.69. The maximum atomic E-state index is 12.9. The van der Waals surface area contributed by atoms with E-state index in [9.17, 15) is 8.42 Å². The lowest BCUT2D eigenvalue weighted by Crippen LogP contribution is -2.23. The molecule has 2 N–H and O–H groups in total. The van der Waals surface area contributed by atoms with E-state index in [0.717, 1.165) is 0 Å². The lowest BCUT2D eigenvalue weighted by atomic mass is 10.1. The van der Waals surface area contributed by atoms with Gasteiger partial charge in [0.15, 0.2) is 9.84 Å². The van der Waals surface area contributed by atoms with Gasteiger partial charge >= 0.3 is 0 Å². The van der Waals surface area contributed by atoms with Gasteiger partial charge in [-0.25, -0.2) is 8.42 Å². The Hall–Kier alpha value is -2.05. The Morgan fingerprint density at radius 2 is 1.73 bits per heavy atom. The molecule has 0 aliphatic heterocycles. The van der Waals surface area contributed by atoms with Crippen molar-refractivity contribution >= 4 is 9.84 Å². The SMILES string of the molecule is COc1ccc(OC)c([C@@H](CN)S(=O)(=O)c2ccccc2)c1. The van der Waals surface area contributed by atoms with Crippen LogP contribution in [0.1, 0.15) is 10.8 Å². The molecule has 0 bridgehead atoms. The molecule has 0 saturated heterocycles. The monoisotopic (exact) mass is 321 g/mol. The number of ether oxygens (including phenoxy) is 2. The first-order chi connectivity index (χ1) is 10.5. The van der Waals surface area contributed by atoms with Crippen molar-refractivity contribution in [2.45, 2.75) is 10.1 Å². The zero-order valence-electron chi connectivity index (χ0n) is 12.5. The Balaban J connectivity index is 2.57. The van der Waals surface area contributed by atoms with Crippen molar-refractivity contribution in [3.05, 3.63) is 54.1 Å². The lowest BCUT2D eigenvalue weighted by molar-refractivity contribution is 0.398. The highest BCUT2D eigenvalue weighted by Crippen LogP contribution is 2.36. The molecule has 1 atom stereocenters. The van der Waals surface area contributed by atoms with E-state index in [1.807, 2.05) is 0 Å². The number of rotatable bonds is 6. The molecule has 5 nitrogen and oxygen atoms in total.